The van der Waals surface area contributed by atoms with Gasteiger partial charge in [-0.25, -0.2) is 19.0 Å². The van der Waals surface area contributed by atoms with Crippen LogP contribution in [0.2, 0.25) is 0 Å². The molecule has 1 amide bonds. The summed E-state index contributed by atoms with van der Waals surface area (Å²) in [6.45, 7) is 0. The van der Waals surface area contributed by atoms with Gasteiger partial charge in [-0.3, -0.25) is 10.4 Å². The SMILES string of the molecule is COC(=O)NNC1=NC(c2cc(F)cc(F)c2)CCC1. The van der Waals surface area contributed by atoms with Crippen LogP contribution < -0.4 is 10.9 Å². The van der Waals surface area contributed by atoms with E-state index in [1.807, 2.05) is 0 Å². The van der Waals surface area contributed by atoms with Gasteiger partial charge in [0.1, 0.15) is 17.5 Å². The van der Waals surface area contributed by atoms with Crippen LogP contribution in [0.5, 0.6) is 0 Å². The summed E-state index contributed by atoms with van der Waals surface area (Å²) in [5.41, 5.74) is 5.43. The molecule has 2 rings (SSSR count). The van der Waals surface area contributed by atoms with Gasteiger partial charge in [-0.1, -0.05) is 0 Å². The highest BCUT2D eigenvalue weighted by atomic mass is 19.1. The van der Waals surface area contributed by atoms with Crippen molar-refractivity contribution in [3.63, 3.8) is 0 Å². The largest absolute Gasteiger partial charge is 0.452 e. The van der Waals surface area contributed by atoms with Crippen LogP contribution in [0.1, 0.15) is 30.9 Å². The Morgan fingerprint density at radius 2 is 2.05 bits per heavy atom. The van der Waals surface area contributed by atoms with Crippen LogP contribution in [0.15, 0.2) is 23.2 Å². The van der Waals surface area contributed by atoms with E-state index in [-0.39, 0.29) is 6.04 Å². The second kappa shape index (κ2) is 6.31. The fourth-order valence-electron chi connectivity index (χ4n) is 2.06. The Bertz CT molecular complexity index is 514. The molecule has 1 atom stereocenters. The predicted octanol–water partition coefficient (Wildman–Crippen LogP) is 2.45. The van der Waals surface area contributed by atoms with Crippen molar-refractivity contribution in [3.8, 4) is 0 Å². The Balaban J connectivity index is 2.10. The van der Waals surface area contributed by atoms with E-state index in [0.29, 0.717) is 24.2 Å². The molecule has 0 saturated heterocycles. The zero-order valence-corrected chi connectivity index (χ0v) is 11.0. The minimum atomic E-state index is -0.633. The van der Waals surface area contributed by atoms with Gasteiger partial charge >= 0.3 is 6.09 Å². The number of nitrogens with one attached hydrogen (secondary N) is 2. The number of amidine groups is 1. The zero-order chi connectivity index (χ0) is 14.5. The maximum absolute atomic E-state index is 13.2. The second-order valence-electron chi connectivity index (χ2n) is 4.43. The number of ether oxygens (including phenoxy) is 1. The molecular formula is C13H15F2N3O2. The van der Waals surface area contributed by atoms with Crippen LogP contribution in [0.4, 0.5) is 13.6 Å². The predicted molar refractivity (Wildman–Crippen MR) is 69.1 cm³/mol. The van der Waals surface area contributed by atoms with Gasteiger partial charge in [0.15, 0.2) is 0 Å². The third-order valence-electron chi connectivity index (χ3n) is 2.97. The molecule has 7 heteroatoms. The molecule has 108 valence electrons. The first kappa shape index (κ1) is 14.2. The molecule has 1 aliphatic rings. The van der Waals surface area contributed by atoms with Crippen molar-refractivity contribution in [1.82, 2.24) is 10.9 Å². The smallest absolute Gasteiger partial charge is 0.425 e. The molecule has 5 nitrogen and oxygen atoms in total. The minimum Gasteiger partial charge on any atom is -0.452 e. The fourth-order valence-corrected chi connectivity index (χ4v) is 2.06. The number of hydrazine groups is 1. The van der Waals surface area contributed by atoms with Crippen molar-refractivity contribution in [2.24, 2.45) is 4.99 Å². The quantitative estimate of drug-likeness (QED) is 0.778. The van der Waals surface area contributed by atoms with Crippen molar-refractivity contribution < 1.29 is 18.3 Å². The number of hydrogen-bond donors (Lipinski definition) is 2. The number of methoxy groups -OCH3 is 1. The maximum atomic E-state index is 13.2. The van der Waals surface area contributed by atoms with Crippen molar-refractivity contribution in [1.29, 1.82) is 0 Å². The third kappa shape index (κ3) is 3.66. The average molecular weight is 283 g/mol. The van der Waals surface area contributed by atoms with Gasteiger partial charge in [-0.05, 0) is 30.5 Å². The van der Waals surface area contributed by atoms with Crippen LogP contribution in [-0.2, 0) is 4.74 Å². The number of benzene rings is 1. The van der Waals surface area contributed by atoms with E-state index in [2.05, 4.69) is 20.6 Å². The summed E-state index contributed by atoms with van der Waals surface area (Å²) in [6.07, 6.45) is 1.52. The molecule has 0 fully saturated rings. The minimum absolute atomic E-state index is 0.323. The molecule has 0 aliphatic carbocycles. The van der Waals surface area contributed by atoms with Gasteiger partial charge in [0.05, 0.1) is 13.2 Å². The number of halogens is 2. The van der Waals surface area contributed by atoms with E-state index < -0.39 is 17.7 Å². The molecule has 2 N–H and O–H groups in total. The van der Waals surface area contributed by atoms with E-state index in [0.717, 1.165) is 12.5 Å². The van der Waals surface area contributed by atoms with Crippen LogP contribution in [-0.4, -0.2) is 19.0 Å². The van der Waals surface area contributed by atoms with Crippen LogP contribution in [0, 0.1) is 11.6 Å². The van der Waals surface area contributed by atoms with Crippen LogP contribution in [0.25, 0.3) is 0 Å². The number of hydrogen-bond acceptors (Lipinski definition) is 4. The van der Waals surface area contributed by atoms with Crippen LogP contribution in [0.3, 0.4) is 0 Å². The highest BCUT2D eigenvalue weighted by Crippen LogP contribution is 2.28. The molecule has 0 radical (unpaired) electrons. The molecule has 20 heavy (non-hydrogen) atoms. The molecule has 0 aromatic heterocycles. The topological polar surface area (TPSA) is 62.7 Å². The number of amides is 1. The molecule has 1 heterocycles. The number of carbonyl (C=O) groups is 1. The first-order valence-electron chi connectivity index (χ1n) is 6.21. The Labute approximate surface area is 115 Å². The number of nitrogens with zero attached hydrogens (tertiary/aromatic N) is 1. The maximum Gasteiger partial charge on any atom is 0.425 e. The molecule has 1 unspecified atom stereocenters. The third-order valence-corrected chi connectivity index (χ3v) is 2.97. The highest BCUT2D eigenvalue weighted by Gasteiger charge is 2.18. The van der Waals surface area contributed by atoms with Gasteiger partial charge in [0.25, 0.3) is 0 Å². The van der Waals surface area contributed by atoms with Gasteiger partial charge in [0.2, 0.25) is 0 Å². The standard InChI is InChI=1S/C13H15F2N3O2/c1-20-13(19)18-17-12-4-2-3-11(16-12)8-5-9(14)7-10(15)6-8/h5-7,11H,2-4H2,1H3,(H,16,17)(H,18,19). The molecule has 1 aromatic carbocycles. The number of aliphatic imine (C=N–C) groups is 1. The van der Waals surface area contributed by atoms with Gasteiger partial charge in [-0.2, -0.15) is 0 Å². The van der Waals surface area contributed by atoms with E-state index in [4.69, 9.17) is 0 Å². The van der Waals surface area contributed by atoms with Gasteiger partial charge in [0, 0.05) is 12.5 Å². The number of rotatable bonds is 1. The summed E-state index contributed by atoms with van der Waals surface area (Å²) in [5, 5.41) is 0. The lowest BCUT2D eigenvalue weighted by atomic mass is 9.98. The van der Waals surface area contributed by atoms with E-state index in [1.54, 1.807) is 0 Å². The first-order chi connectivity index (χ1) is 9.58. The van der Waals surface area contributed by atoms with Crippen molar-refractivity contribution >= 4 is 11.9 Å². The summed E-state index contributed by atoms with van der Waals surface area (Å²) in [5.74, 6) is -0.692. The lowest BCUT2D eigenvalue weighted by Gasteiger charge is -2.21. The first-order valence-corrected chi connectivity index (χ1v) is 6.21. The van der Waals surface area contributed by atoms with Crippen LogP contribution >= 0.6 is 0 Å². The van der Waals surface area contributed by atoms with E-state index in [1.165, 1.54) is 19.2 Å². The summed E-state index contributed by atoms with van der Waals surface area (Å²) in [4.78, 5) is 15.3. The highest BCUT2D eigenvalue weighted by molar-refractivity contribution is 5.84. The molecule has 0 saturated carbocycles. The molecule has 0 bridgehead atoms. The summed E-state index contributed by atoms with van der Waals surface area (Å²) in [7, 11) is 1.25. The van der Waals surface area contributed by atoms with Gasteiger partial charge in [-0.15, -0.1) is 0 Å². The summed E-state index contributed by atoms with van der Waals surface area (Å²) < 4.78 is 30.8. The molecule has 0 spiro atoms. The Morgan fingerprint density at radius 1 is 1.35 bits per heavy atom. The summed E-state index contributed by atoms with van der Waals surface area (Å²) >= 11 is 0. The molecule has 1 aliphatic heterocycles. The van der Waals surface area contributed by atoms with Crippen molar-refractivity contribution in [2.75, 3.05) is 7.11 Å². The van der Waals surface area contributed by atoms with Crippen molar-refractivity contribution in [3.05, 3.63) is 35.4 Å². The van der Waals surface area contributed by atoms with E-state index in [9.17, 15) is 13.6 Å². The Hall–Kier alpha value is -2.18. The Morgan fingerprint density at radius 3 is 2.70 bits per heavy atom. The normalized spacial score (nSPS) is 18.1. The van der Waals surface area contributed by atoms with Gasteiger partial charge < -0.3 is 4.74 Å². The zero-order valence-electron chi connectivity index (χ0n) is 11.0. The fraction of sp³-hybridized carbons (Fsp3) is 0.385. The van der Waals surface area contributed by atoms with Crippen molar-refractivity contribution in [2.45, 2.75) is 25.3 Å². The lowest BCUT2D eigenvalue weighted by Crippen LogP contribution is -2.42. The summed E-state index contributed by atoms with van der Waals surface area (Å²) in [6, 6.07) is 3.05. The lowest BCUT2D eigenvalue weighted by molar-refractivity contribution is 0.168. The molecular weight excluding hydrogens is 268 g/mol. The van der Waals surface area contributed by atoms with E-state index >= 15 is 0 Å². The molecule has 1 aromatic rings. The number of carbonyl (C=O) groups excluding carboxylic acids is 1. The second-order valence-corrected chi connectivity index (χ2v) is 4.43. The average Bonchev–Trinajstić information content (AvgIpc) is 2.44. The monoisotopic (exact) mass is 283 g/mol. The Kier molecular flexibility index (Phi) is 4.49.